The summed E-state index contributed by atoms with van der Waals surface area (Å²) < 4.78 is 28.0. The van der Waals surface area contributed by atoms with E-state index in [1.807, 2.05) is 24.3 Å². The minimum atomic E-state index is -3.52. The Balaban J connectivity index is 1.52. The van der Waals surface area contributed by atoms with E-state index in [1.54, 1.807) is 30.5 Å². The number of aromatic nitrogens is 1. The predicted molar refractivity (Wildman–Crippen MR) is 113 cm³/mol. The van der Waals surface area contributed by atoms with Gasteiger partial charge in [0.2, 0.25) is 10.0 Å². The molecule has 4 rings (SSSR count). The van der Waals surface area contributed by atoms with E-state index < -0.39 is 10.0 Å². The van der Waals surface area contributed by atoms with E-state index in [1.165, 1.54) is 0 Å². The van der Waals surface area contributed by atoms with Crippen molar-refractivity contribution in [1.29, 1.82) is 0 Å². The summed E-state index contributed by atoms with van der Waals surface area (Å²) >= 11 is 6.03. The Morgan fingerprint density at radius 1 is 1.04 bits per heavy atom. The highest BCUT2D eigenvalue weighted by atomic mass is 35.5. The number of fused-ring (bicyclic) bond motifs is 1. The van der Waals surface area contributed by atoms with Crippen molar-refractivity contribution in [3.63, 3.8) is 0 Å². The summed E-state index contributed by atoms with van der Waals surface area (Å²) in [5.41, 5.74) is 2.47. The van der Waals surface area contributed by atoms with Crippen molar-refractivity contribution in [3.05, 3.63) is 59.8 Å². The standard InChI is InChI=1S/C20H21ClN4O2S/c21-14-1-6-18-19(9-12-23-20(18)13-14)24-15-2-4-17(5-3-15)28(26,27)25-16-7-10-22-11-8-16/h1-6,9,12-13,16,22,25H,7-8,10-11H2,(H,23,24). The van der Waals surface area contributed by atoms with Crippen LogP contribution in [-0.2, 0) is 10.0 Å². The van der Waals surface area contributed by atoms with Gasteiger partial charge < -0.3 is 10.6 Å². The Bertz CT molecular complexity index is 1080. The molecule has 3 aromatic rings. The highest BCUT2D eigenvalue weighted by Crippen LogP contribution is 2.27. The maximum absolute atomic E-state index is 12.6. The van der Waals surface area contributed by atoms with Crippen LogP contribution in [0.4, 0.5) is 11.4 Å². The van der Waals surface area contributed by atoms with Crippen molar-refractivity contribution in [1.82, 2.24) is 15.0 Å². The molecule has 3 N–H and O–H groups in total. The zero-order valence-corrected chi connectivity index (χ0v) is 16.7. The number of piperidine rings is 1. The van der Waals surface area contributed by atoms with Gasteiger partial charge in [0, 0.05) is 34.0 Å². The lowest BCUT2D eigenvalue weighted by Gasteiger charge is -2.23. The molecule has 1 aliphatic heterocycles. The summed E-state index contributed by atoms with van der Waals surface area (Å²) in [5, 5.41) is 8.12. The average molecular weight is 417 g/mol. The molecule has 0 amide bonds. The number of pyridine rings is 1. The lowest BCUT2D eigenvalue weighted by atomic mass is 10.1. The van der Waals surface area contributed by atoms with Gasteiger partial charge in [-0.2, -0.15) is 0 Å². The van der Waals surface area contributed by atoms with Gasteiger partial charge in [-0.3, -0.25) is 4.98 Å². The highest BCUT2D eigenvalue weighted by molar-refractivity contribution is 7.89. The second kappa shape index (κ2) is 8.05. The van der Waals surface area contributed by atoms with E-state index in [2.05, 4.69) is 20.3 Å². The van der Waals surface area contributed by atoms with Crippen LogP contribution < -0.4 is 15.4 Å². The number of anilines is 2. The largest absolute Gasteiger partial charge is 0.355 e. The van der Waals surface area contributed by atoms with Crippen LogP contribution in [0.5, 0.6) is 0 Å². The minimum Gasteiger partial charge on any atom is -0.355 e. The molecule has 0 unspecified atom stereocenters. The number of rotatable bonds is 5. The van der Waals surface area contributed by atoms with Crippen molar-refractivity contribution in [2.45, 2.75) is 23.8 Å². The van der Waals surface area contributed by atoms with E-state index in [-0.39, 0.29) is 10.9 Å². The number of halogens is 1. The first kappa shape index (κ1) is 19.1. The fourth-order valence-corrected chi connectivity index (χ4v) is 4.80. The molecule has 1 aliphatic rings. The lowest BCUT2D eigenvalue weighted by molar-refractivity contribution is 0.427. The maximum atomic E-state index is 12.6. The van der Waals surface area contributed by atoms with Crippen molar-refractivity contribution in [3.8, 4) is 0 Å². The van der Waals surface area contributed by atoms with Gasteiger partial charge in [0.05, 0.1) is 10.4 Å². The first-order valence-corrected chi connectivity index (χ1v) is 11.0. The molecule has 0 radical (unpaired) electrons. The van der Waals surface area contributed by atoms with Gasteiger partial charge in [0.25, 0.3) is 0 Å². The highest BCUT2D eigenvalue weighted by Gasteiger charge is 2.21. The van der Waals surface area contributed by atoms with Gasteiger partial charge in [-0.15, -0.1) is 0 Å². The van der Waals surface area contributed by atoms with Crippen molar-refractivity contribution in [2.75, 3.05) is 18.4 Å². The van der Waals surface area contributed by atoms with E-state index in [0.717, 1.165) is 48.2 Å². The van der Waals surface area contributed by atoms with Gasteiger partial charge in [0.1, 0.15) is 0 Å². The summed E-state index contributed by atoms with van der Waals surface area (Å²) in [6.07, 6.45) is 3.32. The molecule has 146 valence electrons. The monoisotopic (exact) mass is 416 g/mol. The quantitative estimate of drug-likeness (QED) is 0.591. The van der Waals surface area contributed by atoms with Crippen molar-refractivity contribution < 1.29 is 8.42 Å². The molecule has 28 heavy (non-hydrogen) atoms. The van der Waals surface area contributed by atoms with Gasteiger partial charge >= 0.3 is 0 Å². The van der Waals surface area contributed by atoms with Crippen LogP contribution in [0.15, 0.2) is 59.6 Å². The molecule has 2 heterocycles. The van der Waals surface area contributed by atoms with E-state index in [4.69, 9.17) is 11.6 Å². The third kappa shape index (κ3) is 4.28. The molecule has 6 nitrogen and oxygen atoms in total. The Morgan fingerprint density at radius 3 is 2.54 bits per heavy atom. The Kier molecular flexibility index (Phi) is 5.50. The first-order chi connectivity index (χ1) is 13.5. The number of benzene rings is 2. The topological polar surface area (TPSA) is 83.1 Å². The number of sulfonamides is 1. The van der Waals surface area contributed by atoms with Crippen LogP contribution in [0.25, 0.3) is 10.9 Å². The molecule has 0 saturated carbocycles. The smallest absolute Gasteiger partial charge is 0.240 e. The Labute approximate surface area is 169 Å². The zero-order valence-electron chi connectivity index (χ0n) is 15.2. The number of nitrogens with one attached hydrogen (secondary N) is 3. The minimum absolute atomic E-state index is 0.0148. The van der Waals surface area contributed by atoms with Gasteiger partial charge in [0.15, 0.2) is 0 Å². The molecule has 1 fully saturated rings. The van der Waals surface area contributed by atoms with Crippen LogP contribution in [0.1, 0.15) is 12.8 Å². The fraction of sp³-hybridized carbons (Fsp3) is 0.250. The van der Waals surface area contributed by atoms with Gasteiger partial charge in [-0.05, 0) is 74.5 Å². The van der Waals surface area contributed by atoms with Gasteiger partial charge in [-0.25, -0.2) is 13.1 Å². The summed E-state index contributed by atoms with van der Waals surface area (Å²) in [7, 11) is -3.52. The molecule has 0 spiro atoms. The lowest BCUT2D eigenvalue weighted by Crippen LogP contribution is -2.42. The molecule has 2 aromatic carbocycles. The summed E-state index contributed by atoms with van der Waals surface area (Å²) in [4.78, 5) is 4.60. The van der Waals surface area contributed by atoms with Gasteiger partial charge in [-0.1, -0.05) is 11.6 Å². The second-order valence-corrected chi connectivity index (χ2v) is 8.97. The molecular weight excluding hydrogens is 396 g/mol. The third-order valence-electron chi connectivity index (χ3n) is 4.81. The predicted octanol–water partition coefficient (Wildman–Crippen LogP) is 3.66. The molecule has 0 atom stereocenters. The average Bonchev–Trinajstić information content (AvgIpc) is 2.69. The Hall–Kier alpha value is -2.19. The van der Waals surface area contributed by atoms with Crippen LogP contribution in [-0.4, -0.2) is 32.5 Å². The molecule has 1 saturated heterocycles. The Morgan fingerprint density at radius 2 is 1.79 bits per heavy atom. The summed E-state index contributed by atoms with van der Waals surface area (Å²) in [5.74, 6) is 0. The van der Waals surface area contributed by atoms with Crippen LogP contribution in [0.3, 0.4) is 0 Å². The summed E-state index contributed by atoms with van der Waals surface area (Å²) in [6.45, 7) is 1.67. The van der Waals surface area contributed by atoms with E-state index in [0.29, 0.717) is 5.02 Å². The third-order valence-corrected chi connectivity index (χ3v) is 6.58. The molecule has 0 bridgehead atoms. The molecule has 1 aromatic heterocycles. The van der Waals surface area contributed by atoms with E-state index >= 15 is 0 Å². The number of hydrogen-bond donors (Lipinski definition) is 3. The normalized spacial score (nSPS) is 15.6. The van der Waals surface area contributed by atoms with Crippen molar-refractivity contribution >= 4 is 43.9 Å². The SMILES string of the molecule is O=S(=O)(NC1CCNCC1)c1ccc(Nc2ccnc3cc(Cl)ccc23)cc1. The van der Waals surface area contributed by atoms with Crippen molar-refractivity contribution in [2.24, 2.45) is 0 Å². The fourth-order valence-electron chi connectivity index (χ4n) is 3.33. The zero-order chi connectivity index (χ0) is 19.6. The maximum Gasteiger partial charge on any atom is 0.240 e. The van der Waals surface area contributed by atoms with Crippen LogP contribution in [0, 0.1) is 0 Å². The molecular formula is C20H21ClN4O2S. The number of nitrogens with zero attached hydrogens (tertiary/aromatic N) is 1. The first-order valence-electron chi connectivity index (χ1n) is 9.16. The number of hydrogen-bond acceptors (Lipinski definition) is 5. The van der Waals surface area contributed by atoms with Crippen LogP contribution >= 0.6 is 11.6 Å². The van der Waals surface area contributed by atoms with E-state index in [9.17, 15) is 8.42 Å². The summed E-state index contributed by atoms with van der Waals surface area (Å²) in [6, 6.07) is 14.2. The molecule has 0 aliphatic carbocycles. The second-order valence-electron chi connectivity index (χ2n) is 6.81. The van der Waals surface area contributed by atoms with Crippen LogP contribution in [0.2, 0.25) is 5.02 Å². The molecule has 8 heteroatoms.